The number of benzene rings is 2. The van der Waals surface area contributed by atoms with Crippen LogP contribution in [0.4, 0.5) is 8.78 Å². The van der Waals surface area contributed by atoms with E-state index in [9.17, 15) is 28.6 Å². The van der Waals surface area contributed by atoms with Crippen LogP contribution in [0.25, 0.3) is 0 Å². The third-order valence-corrected chi connectivity index (χ3v) is 2.16. The molecule has 0 spiro atoms. The maximum Gasteiger partial charge on any atom is 2.00 e. The Hall–Kier alpha value is -2.36. The molecule has 0 atom stereocenters. The summed E-state index contributed by atoms with van der Waals surface area (Å²) in [5.41, 5.74) is -0.0252. The third kappa shape index (κ3) is 10.4. The molecule has 6 N–H and O–H groups in total. The molecule has 0 aromatic heterocycles. The van der Waals surface area contributed by atoms with Crippen LogP contribution in [0.15, 0.2) is 48.5 Å². The van der Waals surface area contributed by atoms with Crippen molar-refractivity contribution in [2.75, 3.05) is 0 Å². The number of hydrogen-bond donors (Lipinski definition) is 0. The molecular formula is C14H14CuF2O7. The normalized spacial score (nSPS) is 7.75. The number of aromatic carboxylic acids is 2. The van der Waals surface area contributed by atoms with Crippen LogP contribution in [0.1, 0.15) is 20.7 Å². The van der Waals surface area contributed by atoms with Gasteiger partial charge in [-0.25, -0.2) is 8.78 Å². The van der Waals surface area contributed by atoms with Crippen molar-refractivity contribution in [2.24, 2.45) is 0 Å². The van der Waals surface area contributed by atoms with E-state index in [2.05, 4.69) is 0 Å². The molecule has 24 heavy (non-hydrogen) atoms. The zero-order valence-electron chi connectivity index (χ0n) is 11.8. The van der Waals surface area contributed by atoms with Crippen molar-refractivity contribution in [1.82, 2.24) is 0 Å². The molecule has 0 unspecified atom stereocenters. The van der Waals surface area contributed by atoms with E-state index >= 15 is 0 Å². The number of carboxylic acids is 2. The maximum absolute atomic E-state index is 12.1. The van der Waals surface area contributed by atoms with Crippen LogP contribution in [0.2, 0.25) is 0 Å². The van der Waals surface area contributed by atoms with Gasteiger partial charge in [-0.1, -0.05) is 24.3 Å². The standard InChI is InChI=1S/2C7H5FO2.Cu.3H2O/c2*8-6-3-1-5(2-4-6)7(9)10;;;;/h2*1-4H,(H,9,10);;3*1H2/q;;+2;;;/p-2. The molecule has 0 fully saturated rings. The molecule has 7 nitrogen and oxygen atoms in total. The second-order valence-electron chi connectivity index (χ2n) is 3.59. The first-order chi connectivity index (χ1) is 9.40. The van der Waals surface area contributed by atoms with Crippen molar-refractivity contribution in [2.45, 2.75) is 0 Å². The smallest absolute Gasteiger partial charge is 0.545 e. The van der Waals surface area contributed by atoms with Gasteiger partial charge in [0, 0.05) is 0 Å². The van der Waals surface area contributed by atoms with Crippen LogP contribution in [0.3, 0.4) is 0 Å². The Bertz CT molecular complexity index is 548. The van der Waals surface area contributed by atoms with E-state index in [1.807, 2.05) is 0 Å². The molecule has 0 bridgehead atoms. The predicted octanol–water partition coefficient (Wildman–Crippen LogP) is -2.10. The van der Waals surface area contributed by atoms with E-state index in [-0.39, 0.29) is 44.6 Å². The summed E-state index contributed by atoms with van der Waals surface area (Å²) in [6.07, 6.45) is 0. The number of carboxylic acid groups (broad SMARTS) is 2. The number of hydrogen-bond acceptors (Lipinski definition) is 4. The van der Waals surface area contributed by atoms with Crippen molar-refractivity contribution < 1.29 is 62.1 Å². The Morgan fingerprint density at radius 1 is 0.625 bits per heavy atom. The first kappa shape index (κ1) is 29.6. The van der Waals surface area contributed by atoms with Gasteiger partial charge in [-0.2, -0.15) is 0 Å². The largest absolute Gasteiger partial charge is 2.00 e. The van der Waals surface area contributed by atoms with E-state index in [4.69, 9.17) is 0 Å². The van der Waals surface area contributed by atoms with Gasteiger partial charge in [0.05, 0.1) is 11.9 Å². The molecule has 0 heterocycles. The van der Waals surface area contributed by atoms with Crippen LogP contribution < -0.4 is 10.2 Å². The Balaban J connectivity index is -0.000000143. The fourth-order valence-electron chi connectivity index (χ4n) is 1.17. The van der Waals surface area contributed by atoms with E-state index in [0.29, 0.717) is 0 Å². The van der Waals surface area contributed by atoms with Gasteiger partial charge in [0.15, 0.2) is 0 Å². The molecule has 2 aromatic rings. The minimum Gasteiger partial charge on any atom is -0.545 e. The van der Waals surface area contributed by atoms with Crippen LogP contribution in [-0.2, 0) is 17.1 Å². The van der Waals surface area contributed by atoms with E-state index < -0.39 is 23.6 Å². The quantitative estimate of drug-likeness (QED) is 0.529. The van der Waals surface area contributed by atoms with E-state index in [1.165, 1.54) is 0 Å². The summed E-state index contributed by atoms with van der Waals surface area (Å²) in [5.74, 6) is -3.49. The monoisotopic (exact) mass is 395 g/mol. The summed E-state index contributed by atoms with van der Waals surface area (Å²) in [6.45, 7) is 0. The summed E-state index contributed by atoms with van der Waals surface area (Å²) in [6, 6.07) is 8.93. The Morgan fingerprint density at radius 2 is 0.833 bits per heavy atom. The molecule has 10 heteroatoms. The Labute approximate surface area is 146 Å². The molecule has 0 aliphatic rings. The number of rotatable bonds is 2. The first-order valence-electron chi connectivity index (χ1n) is 5.34. The summed E-state index contributed by atoms with van der Waals surface area (Å²) in [7, 11) is 0. The number of carbonyl (C=O) groups excluding carboxylic acids is 2. The molecule has 137 valence electrons. The fraction of sp³-hybridized carbons (Fsp3) is 0. The zero-order valence-corrected chi connectivity index (χ0v) is 12.8. The Morgan fingerprint density at radius 3 is 1.00 bits per heavy atom. The second kappa shape index (κ2) is 14.2. The van der Waals surface area contributed by atoms with Crippen molar-refractivity contribution in [3.63, 3.8) is 0 Å². The average Bonchev–Trinajstić information content (AvgIpc) is 2.40. The summed E-state index contributed by atoms with van der Waals surface area (Å²) in [5, 5.41) is 20.2. The van der Waals surface area contributed by atoms with Gasteiger partial charge in [0.2, 0.25) is 0 Å². The predicted molar refractivity (Wildman–Crippen MR) is 72.3 cm³/mol. The van der Waals surface area contributed by atoms with Crippen LogP contribution in [-0.4, -0.2) is 28.4 Å². The maximum atomic E-state index is 12.1. The topological polar surface area (TPSA) is 175 Å². The van der Waals surface area contributed by atoms with Crippen molar-refractivity contribution in [3.8, 4) is 0 Å². The molecule has 0 amide bonds. The first-order valence-corrected chi connectivity index (χ1v) is 5.34. The summed E-state index contributed by atoms with van der Waals surface area (Å²) in [4.78, 5) is 20.2. The minimum absolute atomic E-state index is 0. The van der Waals surface area contributed by atoms with Crippen molar-refractivity contribution >= 4 is 11.9 Å². The minimum atomic E-state index is -1.29. The van der Waals surface area contributed by atoms with Crippen molar-refractivity contribution in [1.29, 1.82) is 0 Å². The van der Waals surface area contributed by atoms with Gasteiger partial charge in [0.1, 0.15) is 11.6 Å². The van der Waals surface area contributed by atoms with Gasteiger partial charge < -0.3 is 36.2 Å². The molecule has 2 rings (SSSR count). The van der Waals surface area contributed by atoms with E-state index in [1.54, 1.807) is 0 Å². The summed E-state index contributed by atoms with van der Waals surface area (Å²) < 4.78 is 24.3. The molecular weight excluding hydrogens is 382 g/mol. The average molecular weight is 396 g/mol. The van der Waals surface area contributed by atoms with Gasteiger partial charge in [-0.3, -0.25) is 0 Å². The molecule has 1 radical (unpaired) electrons. The van der Waals surface area contributed by atoms with E-state index in [0.717, 1.165) is 48.5 Å². The third-order valence-electron chi connectivity index (χ3n) is 2.16. The summed E-state index contributed by atoms with van der Waals surface area (Å²) >= 11 is 0. The van der Waals surface area contributed by atoms with Gasteiger partial charge in [-0.05, 0) is 35.4 Å². The molecule has 0 aliphatic carbocycles. The molecule has 0 saturated heterocycles. The SMILES string of the molecule is O.O.O.O=C([O-])c1ccc(F)cc1.O=C([O-])c1ccc(F)cc1.[Cu+2]. The van der Waals surface area contributed by atoms with Gasteiger partial charge in [-0.15, -0.1) is 0 Å². The second-order valence-corrected chi connectivity index (χ2v) is 3.59. The van der Waals surface area contributed by atoms with Gasteiger partial charge >= 0.3 is 17.1 Å². The molecule has 0 aliphatic heterocycles. The Kier molecular flexibility index (Phi) is 17.6. The molecule has 2 aromatic carbocycles. The molecule has 0 saturated carbocycles. The zero-order chi connectivity index (χ0) is 15.1. The fourth-order valence-corrected chi connectivity index (χ4v) is 1.17. The number of halogens is 2. The van der Waals surface area contributed by atoms with Crippen LogP contribution >= 0.6 is 0 Å². The van der Waals surface area contributed by atoms with Crippen molar-refractivity contribution in [3.05, 3.63) is 71.3 Å². The van der Waals surface area contributed by atoms with Crippen LogP contribution in [0, 0.1) is 11.6 Å². The van der Waals surface area contributed by atoms with Crippen LogP contribution in [0.5, 0.6) is 0 Å². The van der Waals surface area contributed by atoms with Gasteiger partial charge in [0.25, 0.3) is 0 Å². The number of carbonyl (C=O) groups is 2.